The minimum atomic E-state index is -0.226. The van der Waals surface area contributed by atoms with Gasteiger partial charge < -0.3 is 14.0 Å². The van der Waals surface area contributed by atoms with E-state index in [0.717, 1.165) is 22.4 Å². The summed E-state index contributed by atoms with van der Waals surface area (Å²) in [6.45, 7) is 4.47. The highest BCUT2D eigenvalue weighted by Crippen LogP contribution is 2.27. The van der Waals surface area contributed by atoms with Crippen LogP contribution < -0.4 is 14.9 Å². The van der Waals surface area contributed by atoms with E-state index in [0.29, 0.717) is 18.1 Å². The lowest BCUT2D eigenvalue weighted by atomic mass is 10.2. The molecule has 0 fully saturated rings. The van der Waals surface area contributed by atoms with Crippen molar-refractivity contribution in [2.45, 2.75) is 20.4 Å². The average Bonchev–Trinajstić information content (AvgIpc) is 2.98. The zero-order chi connectivity index (χ0) is 19.2. The zero-order valence-corrected chi connectivity index (χ0v) is 15.6. The van der Waals surface area contributed by atoms with Gasteiger partial charge in [-0.2, -0.15) is 5.10 Å². The molecule has 0 aliphatic carbocycles. The van der Waals surface area contributed by atoms with E-state index in [1.807, 2.05) is 54.8 Å². The van der Waals surface area contributed by atoms with E-state index in [4.69, 9.17) is 9.47 Å². The lowest BCUT2D eigenvalue weighted by Crippen LogP contribution is -2.23. The van der Waals surface area contributed by atoms with Crippen molar-refractivity contribution in [2.24, 2.45) is 5.10 Å². The second-order valence-electron chi connectivity index (χ2n) is 5.87. The second-order valence-corrected chi connectivity index (χ2v) is 5.87. The minimum Gasteiger partial charge on any atom is -0.493 e. The monoisotopic (exact) mass is 366 g/mol. The molecule has 1 amide bonds. The molecule has 27 heavy (non-hydrogen) atoms. The van der Waals surface area contributed by atoms with Crippen molar-refractivity contribution in [1.29, 1.82) is 0 Å². The molecule has 0 atom stereocenters. The van der Waals surface area contributed by atoms with Crippen molar-refractivity contribution in [2.75, 3.05) is 13.7 Å². The summed E-state index contributed by atoms with van der Waals surface area (Å²) in [5.41, 5.74) is 5.14. The van der Waals surface area contributed by atoms with Crippen LogP contribution in [0.4, 0.5) is 0 Å². The smallest absolute Gasteiger partial charge is 0.260 e. The number of imidazole rings is 1. The fourth-order valence-corrected chi connectivity index (χ4v) is 2.80. The van der Waals surface area contributed by atoms with Gasteiger partial charge in [0, 0.05) is 0 Å². The van der Waals surface area contributed by atoms with Crippen molar-refractivity contribution >= 4 is 23.2 Å². The van der Waals surface area contributed by atoms with Crippen molar-refractivity contribution in [3.63, 3.8) is 0 Å². The Balaban J connectivity index is 1.66. The molecule has 1 heterocycles. The molecular formula is C20H22N4O3. The summed E-state index contributed by atoms with van der Waals surface area (Å²) in [5.74, 6) is 1.85. The van der Waals surface area contributed by atoms with E-state index in [2.05, 4.69) is 15.5 Å². The first-order valence-corrected chi connectivity index (χ1v) is 8.67. The minimum absolute atomic E-state index is 0.149. The summed E-state index contributed by atoms with van der Waals surface area (Å²) in [7, 11) is 1.59. The lowest BCUT2D eigenvalue weighted by Gasteiger charge is -2.09. The molecule has 2 aromatic carbocycles. The van der Waals surface area contributed by atoms with Crippen LogP contribution in [-0.4, -0.2) is 35.4 Å². The van der Waals surface area contributed by atoms with Gasteiger partial charge in [0.2, 0.25) is 0 Å². The fraction of sp³-hybridized carbons (Fsp3) is 0.250. The summed E-state index contributed by atoms with van der Waals surface area (Å²) >= 11 is 0. The number of nitrogens with zero attached hydrogens (tertiary/aromatic N) is 3. The second kappa shape index (κ2) is 8.35. The largest absolute Gasteiger partial charge is 0.493 e. The normalized spacial score (nSPS) is 11.1. The van der Waals surface area contributed by atoms with Gasteiger partial charge in [-0.3, -0.25) is 4.79 Å². The van der Waals surface area contributed by atoms with E-state index < -0.39 is 0 Å². The molecule has 0 aliphatic heterocycles. The Bertz CT molecular complexity index is 979. The molecule has 0 aliphatic rings. The number of hydrazone groups is 1. The number of para-hydroxylation sites is 2. The Morgan fingerprint density at radius 2 is 2.07 bits per heavy atom. The molecule has 0 bridgehead atoms. The highest BCUT2D eigenvalue weighted by molar-refractivity contribution is 5.84. The first-order chi connectivity index (χ1) is 13.1. The molecule has 0 spiro atoms. The molecule has 0 saturated heterocycles. The third-order valence-electron chi connectivity index (χ3n) is 4.04. The Morgan fingerprint density at radius 1 is 1.26 bits per heavy atom. The van der Waals surface area contributed by atoms with Crippen molar-refractivity contribution in [3.05, 3.63) is 53.9 Å². The third-order valence-corrected chi connectivity index (χ3v) is 4.04. The summed E-state index contributed by atoms with van der Waals surface area (Å²) < 4.78 is 12.7. The highest BCUT2D eigenvalue weighted by atomic mass is 16.5. The van der Waals surface area contributed by atoms with Gasteiger partial charge in [0.1, 0.15) is 12.4 Å². The van der Waals surface area contributed by atoms with Gasteiger partial charge in [-0.1, -0.05) is 12.1 Å². The van der Waals surface area contributed by atoms with E-state index >= 15 is 0 Å². The maximum atomic E-state index is 12.2. The molecule has 7 nitrogen and oxygen atoms in total. The van der Waals surface area contributed by atoms with Gasteiger partial charge in [-0.25, -0.2) is 10.4 Å². The number of rotatable bonds is 7. The third kappa shape index (κ3) is 4.25. The van der Waals surface area contributed by atoms with Crippen molar-refractivity contribution in [1.82, 2.24) is 15.0 Å². The van der Waals surface area contributed by atoms with Crippen LogP contribution in [0.1, 0.15) is 18.3 Å². The zero-order valence-electron chi connectivity index (χ0n) is 15.6. The first-order valence-electron chi connectivity index (χ1n) is 8.67. The van der Waals surface area contributed by atoms with Gasteiger partial charge in [0.05, 0.1) is 31.0 Å². The van der Waals surface area contributed by atoms with Gasteiger partial charge in [-0.15, -0.1) is 0 Å². The molecular weight excluding hydrogens is 344 g/mol. The van der Waals surface area contributed by atoms with Crippen molar-refractivity contribution < 1.29 is 14.3 Å². The molecule has 7 heteroatoms. The number of aryl methyl sites for hydroxylation is 1. The van der Waals surface area contributed by atoms with Crippen LogP contribution in [0.3, 0.4) is 0 Å². The molecule has 0 unspecified atom stereocenters. The van der Waals surface area contributed by atoms with Crippen LogP contribution in [0, 0.1) is 6.92 Å². The standard InChI is InChI=1S/C20H22N4O3/c1-4-27-19-11-15(9-10-18(19)26-3)12-21-23-20(25)13-24-14(2)22-16-7-5-6-8-17(16)24/h5-12H,4,13H2,1-3H3,(H,23,25)/b21-12-. The molecule has 0 radical (unpaired) electrons. The summed E-state index contributed by atoms with van der Waals surface area (Å²) in [6, 6.07) is 13.2. The SMILES string of the molecule is CCOc1cc(/C=N\NC(=O)Cn2c(C)nc3ccccc32)ccc1OC. The summed E-state index contributed by atoms with van der Waals surface area (Å²) in [5, 5.41) is 4.03. The van der Waals surface area contributed by atoms with E-state index in [-0.39, 0.29) is 12.5 Å². The Morgan fingerprint density at radius 3 is 2.85 bits per heavy atom. The topological polar surface area (TPSA) is 77.7 Å². The number of ether oxygens (including phenoxy) is 2. The number of methoxy groups -OCH3 is 1. The Hall–Kier alpha value is -3.35. The Labute approximate surface area is 157 Å². The van der Waals surface area contributed by atoms with Gasteiger partial charge >= 0.3 is 0 Å². The number of aromatic nitrogens is 2. The van der Waals surface area contributed by atoms with E-state index in [9.17, 15) is 4.79 Å². The predicted octanol–water partition coefficient (Wildman–Crippen LogP) is 2.90. The maximum absolute atomic E-state index is 12.2. The quantitative estimate of drug-likeness (QED) is 0.515. The summed E-state index contributed by atoms with van der Waals surface area (Å²) in [4.78, 5) is 16.7. The number of fused-ring (bicyclic) bond motifs is 1. The maximum Gasteiger partial charge on any atom is 0.260 e. The van der Waals surface area contributed by atoms with Crippen LogP contribution in [0.25, 0.3) is 11.0 Å². The number of benzene rings is 2. The molecule has 1 aromatic heterocycles. The van der Waals surface area contributed by atoms with Crippen LogP contribution in [0.15, 0.2) is 47.6 Å². The molecule has 1 N–H and O–H groups in total. The number of hydrogen-bond donors (Lipinski definition) is 1. The van der Waals surface area contributed by atoms with Crippen LogP contribution in [0.5, 0.6) is 11.5 Å². The lowest BCUT2D eigenvalue weighted by molar-refractivity contribution is -0.121. The van der Waals surface area contributed by atoms with E-state index in [1.165, 1.54) is 0 Å². The number of amides is 1. The van der Waals surface area contributed by atoms with Gasteiger partial charge in [-0.05, 0) is 49.7 Å². The molecule has 3 rings (SSSR count). The van der Waals surface area contributed by atoms with Crippen LogP contribution >= 0.6 is 0 Å². The average molecular weight is 366 g/mol. The Kier molecular flexibility index (Phi) is 5.71. The van der Waals surface area contributed by atoms with Crippen molar-refractivity contribution in [3.8, 4) is 11.5 Å². The summed E-state index contributed by atoms with van der Waals surface area (Å²) in [6.07, 6.45) is 1.57. The molecule has 140 valence electrons. The number of hydrogen-bond acceptors (Lipinski definition) is 5. The van der Waals surface area contributed by atoms with Crippen LogP contribution in [0.2, 0.25) is 0 Å². The molecule has 3 aromatic rings. The van der Waals surface area contributed by atoms with Gasteiger partial charge in [0.25, 0.3) is 5.91 Å². The molecule has 0 saturated carbocycles. The predicted molar refractivity (Wildman–Crippen MR) is 104 cm³/mol. The van der Waals surface area contributed by atoms with Crippen LogP contribution in [-0.2, 0) is 11.3 Å². The van der Waals surface area contributed by atoms with E-state index in [1.54, 1.807) is 19.4 Å². The number of carbonyl (C=O) groups is 1. The number of carbonyl (C=O) groups excluding carboxylic acids is 1. The number of nitrogens with one attached hydrogen (secondary N) is 1. The van der Waals surface area contributed by atoms with Gasteiger partial charge in [0.15, 0.2) is 11.5 Å². The first kappa shape index (κ1) is 18.4. The highest BCUT2D eigenvalue weighted by Gasteiger charge is 2.10. The fourth-order valence-electron chi connectivity index (χ4n) is 2.80.